The average Bonchev–Trinajstić information content (AvgIpc) is 3.05. The van der Waals surface area contributed by atoms with Crippen molar-refractivity contribution in [3.8, 4) is 0 Å². The molecule has 7 nitrogen and oxygen atoms in total. The summed E-state index contributed by atoms with van der Waals surface area (Å²) in [7, 11) is -2.73. The first-order valence-electron chi connectivity index (χ1n) is 9.96. The fraction of sp³-hybridized carbons (Fsp3) is 0.571. The number of hydrogen-bond acceptors (Lipinski definition) is 7. The van der Waals surface area contributed by atoms with Crippen molar-refractivity contribution in [2.24, 2.45) is 0 Å². The minimum atomic E-state index is -4.03. The first-order valence-corrected chi connectivity index (χ1v) is 11.4. The van der Waals surface area contributed by atoms with Crippen molar-refractivity contribution in [3.05, 3.63) is 41.5 Å². The second-order valence-electron chi connectivity index (χ2n) is 7.93. The second kappa shape index (κ2) is 7.83. The van der Waals surface area contributed by atoms with Crippen LogP contribution in [0.25, 0.3) is 0 Å². The van der Waals surface area contributed by atoms with Gasteiger partial charge in [0, 0.05) is 24.8 Å². The molecule has 2 fully saturated rings. The molecule has 0 amide bonds. The maximum atomic E-state index is 12.9. The third kappa shape index (κ3) is 4.12. The van der Waals surface area contributed by atoms with Gasteiger partial charge in [0.1, 0.15) is 18.3 Å². The Labute approximate surface area is 171 Å². The molecule has 29 heavy (non-hydrogen) atoms. The Morgan fingerprint density at radius 2 is 1.79 bits per heavy atom. The van der Waals surface area contributed by atoms with E-state index in [2.05, 4.69) is 0 Å². The van der Waals surface area contributed by atoms with E-state index < -0.39 is 40.2 Å². The lowest BCUT2D eigenvalue weighted by Gasteiger charge is -2.32. The zero-order valence-electron chi connectivity index (χ0n) is 16.6. The third-order valence-electron chi connectivity index (χ3n) is 5.80. The largest absolute Gasteiger partial charge is 0.466 e. The first kappa shape index (κ1) is 20.5. The number of fused-ring (bicyclic) bond motifs is 1. The predicted octanol–water partition coefficient (Wildman–Crippen LogP) is 3.02. The average molecular weight is 422 g/mol. The minimum absolute atomic E-state index is 0.0696. The fourth-order valence-corrected chi connectivity index (χ4v) is 5.38. The number of esters is 1. The van der Waals surface area contributed by atoms with Gasteiger partial charge in [-0.3, -0.25) is 4.18 Å². The van der Waals surface area contributed by atoms with Gasteiger partial charge >= 0.3 is 5.97 Å². The summed E-state index contributed by atoms with van der Waals surface area (Å²) >= 11 is 0. The van der Waals surface area contributed by atoms with Crippen LogP contribution in [-0.4, -0.2) is 45.6 Å². The molecule has 3 aliphatic rings. The molecule has 0 radical (unpaired) electrons. The van der Waals surface area contributed by atoms with E-state index in [1.54, 1.807) is 18.2 Å². The summed E-state index contributed by atoms with van der Waals surface area (Å²) in [4.78, 5) is 12.2. The van der Waals surface area contributed by atoms with E-state index in [9.17, 15) is 13.2 Å². The van der Waals surface area contributed by atoms with Crippen LogP contribution in [-0.2, 0) is 33.3 Å². The highest BCUT2D eigenvalue weighted by Crippen LogP contribution is 2.45. The molecule has 0 unspecified atom stereocenters. The van der Waals surface area contributed by atoms with Gasteiger partial charge in [-0.05, 0) is 38.0 Å². The number of carbonyl (C=O) groups is 1. The summed E-state index contributed by atoms with van der Waals surface area (Å²) in [6.07, 6.45) is 4.35. The van der Waals surface area contributed by atoms with Gasteiger partial charge in [-0.25, -0.2) is 4.79 Å². The molecule has 0 bridgehead atoms. The molecule has 1 saturated heterocycles. The monoisotopic (exact) mass is 422 g/mol. The molecule has 158 valence electrons. The number of aryl methyl sites for hydroxylation is 1. The van der Waals surface area contributed by atoms with Gasteiger partial charge in [0.25, 0.3) is 10.1 Å². The van der Waals surface area contributed by atoms with Crippen molar-refractivity contribution in [2.45, 2.75) is 74.4 Å². The topological polar surface area (TPSA) is 88.1 Å². The molecule has 1 saturated carbocycles. The molecule has 1 spiro atoms. The Hall–Kier alpha value is -1.74. The Bertz CT molecular complexity index is 897. The molecule has 0 aromatic heterocycles. The van der Waals surface area contributed by atoms with Gasteiger partial charge in [-0.1, -0.05) is 24.1 Å². The molecular weight excluding hydrogens is 396 g/mol. The van der Waals surface area contributed by atoms with Crippen LogP contribution in [0, 0.1) is 6.92 Å². The van der Waals surface area contributed by atoms with Gasteiger partial charge in [-0.15, -0.1) is 0 Å². The van der Waals surface area contributed by atoms with Crippen LogP contribution in [0.5, 0.6) is 0 Å². The van der Waals surface area contributed by atoms with Crippen molar-refractivity contribution in [3.63, 3.8) is 0 Å². The van der Waals surface area contributed by atoms with Crippen LogP contribution >= 0.6 is 0 Å². The normalized spacial score (nSPS) is 28.6. The zero-order valence-corrected chi connectivity index (χ0v) is 17.4. The standard InChI is InChI=1S/C21H26O7S/c1-14-6-8-16(9-7-14)29(23,24)28-18-13-15(20(22)25-2)12-17-19(18)27-21(26-17)10-4-3-5-11-21/h6-9,12,17-19H,3-5,10-11,13H2,1-2H3/t17-,18-,19-/m1/s1. The summed E-state index contributed by atoms with van der Waals surface area (Å²) in [5.41, 5.74) is 1.29. The minimum Gasteiger partial charge on any atom is -0.466 e. The van der Waals surface area contributed by atoms with Crippen LogP contribution < -0.4 is 0 Å². The van der Waals surface area contributed by atoms with Crippen LogP contribution in [0.4, 0.5) is 0 Å². The lowest BCUT2D eigenvalue weighted by molar-refractivity contribution is -0.196. The maximum absolute atomic E-state index is 12.9. The molecule has 2 aliphatic carbocycles. The van der Waals surface area contributed by atoms with Gasteiger partial charge in [0.15, 0.2) is 5.79 Å². The highest BCUT2D eigenvalue weighted by molar-refractivity contribution is 7.86. The summed E-state index contributed by atoms with van der Waals surface area (Å²) in [6.45, 7) is 1.88. The van der Waals surface area contributed by atoms with Gasteiger partial charge < -0.3 is 14.2 Å². The fourth-order valence-electron chi connectivity index (χ4n) is 4.29. The first-order chi connectivity index (χ1) is 13.8. The molecule has 1 heterocycles. The smallest absolute Gasteiger partial charge is 0.333 e. The van der Waals surface area contributed by atoms with E-state index in [0.29, 0.717) is 5.57 Å². The zero-order chi connectivity index (χ0) is 20.6. The van der Waals surface area contributed by atoms with Gasteiger partial charge in [0.2, 0.25) is 0 Å². The van der Waals surface area contributed by atoms with Crippen LogP contribution in [0.1, 0.15) is 44.1 Å². The highest BCUT2D eigenvalue weighted by Gasteiger charge is 2.53. The van der Waals surface area contributed by atoms with E-state index >= 15 is 0 Å². The lowest BCUT2D eigenvalue weighted by Crippen LogP contribution is -2.42. The molecular formula is C21H26O7S. The van der Waals surface area contributed by atoms with Crippen LogP contribution in [0.15, 0.2) is 40.8 Å². The molecule has 3 atom stereocenters. The maximum Gasteiger partial charge on any atom is 0.333 e. The van der Waals surface area contributed by atoms with E-state index in [1.165, 1.54) is 19.2 Å². The van der Waals surface area contributed by atoms with E-state index in [1.807, 2.05) is 6.92 Å². The summed E-state index contributed by atoms with van der Waals surface area (Å²) in [5.74, 6) is -1.25. The summed E-state index contributed by atoms with van der Waals surface area (Å²) in [6, 6.07) is 6.45. The molecule has 1 aromatic carbocycles. The Balaban J connectivity index is 1.62. The van der Waals surface area contributed by atoms with E-state index in [-0.39, 0.29) is 11.3 Å². The van der Waals surface area contributed by atoms with Crippen molar-refractivity contribution < 1.29 is 31.6 Å². The number of carbonyl (C=O) groups excluding carboxylic acids is 1. The Kier molecular flexibility index (Phi) is 5.54. The van der Waals surface area contributed by atoms with Gasteiger partial charge in [0.05, 0.1) is 12.0 Å². The number of hydrogen-bond donors (Lipinski definition) is 0. The third-order valence-corrected chi connectivity index (χ3v) is 7.15. The van der Waals surface area contributed by atoms with E-state index in [4.69, 9.17) is 18.4 Å². The number of rotatable bonds is 4. The quantitative estimate of drug-likeness (QED) is 0.544. The second-order valence-corrected chi connectivity index (χ2v) is 9.50. The Morgan fingerprint density at radius 1 is 1.10 bits per heavy atom. The van der Waals surface area contributed by atoms with Crippen molar-refractivity contribution in [1.29, 1.82) is 0 Å². The Morgan fingerprint density at radius 3 is 2.45 bits per heavy atom. The SMILES string of the molecule is COC(=O)C1=C[C@H]2OC3(CCCCC3)O[C@H]2[C@H](OS(=O)(=O)c2ccc(C)cc2)C1. The molecule has 1 aliphatic heterocycles. The van der Waals surface area contributed by atoms with Crippen molar-refractivity contribution in [2.75, 3.05) is 7.11 Å². The summed E-state index contributed by atoms with van der Waals surface area (Å²) in [5, 5.41) is 0. The molecule has 8 heteroatoms. The predicted molar refractivity (Wildman–Crippen MR) is 104 cm³/mol. The van der Waals surface area contributed by atoms with Crippen molar-refractivity contribution in [1.82, 2.24) is 0 Å². The molecule has 1 aromatic rings. The lowest BCUT2D eigenvalue weighted by atomic mass is 9.92. The van der Waals surface area contributed by atoms with Crippen LogP contribution in [0.2, 0.25) is 0 Å². The number of benzene rings is 1. The van der Waals surface area contributed by atoms with Crippen molar-refractivity contribution >= 4 is 16.1 Å². The molecule has 0 N–H and O–H groups in total. The van der Waals surface area contributed by atoms with E-state index in [0.717, 1.165) is 37.7 Å². The van der Waals surface area contributed by atoms with Crippen LogP contribution in [0.3, 0.4) is 0 Å². The number of methoxy groups -OCH3 is 1. The molecule has 4 rings (SSSR count). The highest BCUT2D eigenvalue weighted by atomic mass is 32.2. The summed E-state index contributed by atoms with van der Waals surface area (Å²) < 4.78 is 48.6. The number of ether oxygens (including phenoxy) is 3. The van der Waals surface area contributed by atoms with Gasteiger partial charge in [-0.2, -0.15) is 8.42 Å².